The predicted molar refractivity (Wildman–Crippen MR) is 132 cm³/mol. The van der Waals surface area contributed by atoms with Gasteiger partial charge in [0.2, 0.25) is 0 Å². The van der Waals surface area contributed by atoms with Crippen LogP contribution in [0.5, 0.6) is 0 Å². The van der Waals surface area contributed by atoms with Gasteiger partial charge in [-0.05, 0) is 23.3 Å². The average Bonchev–Trinajstić information content (AvgIpc) is 2.88. The number of hydrogen-bond acceptors (Lipinski definition) is 2. The Morgan fingerprint density at radius 3 is 0.971 bits per heavy atom. The topological polar surface area (TPSA) is 34.1 Å². The van der Waals surface area contributed by atoms with Crippen LogP contribution in [0.15, 0.2) is 133 Å². The zero-order chi connectivity index (χ0) is 22.4. The molecule has 0 saturated carbocycles. The summed E-state index contributed by atoms with van der Waals surface area (Å²) in [5.74, 6) is 0.0638. The lowest BCUT2D eigenvalue weighted by Gasteiger charge is -1.94. The lowest BCUT2D eigenvalue weighted by molar-refractivity contribution is -0.00100. The summed E-state index contributed by atoms with van der Waals surface area (Å²) in [4.78, 5) is 23.5. The first-order valence-corrected chi connectivity index (χ1v) is 10.4. The Bertz CT molecular complexity index is 1070. The van der Waals surface area contributed by atoms with Crippen LogP contribution in [-0.2, 0) is 0 Å². The van der Waals surface area contributed by atoms with Crippen molar-refractivity contribution < 1.29 is 43.6 Å². The van der Waals surface area contributed by atoms with Crippen LogP contribution in [-0.4, -0.2) is 11.6 Å². The molecular weight excluding hydrogens is 552 g/mol. The number of benzene rings is 4. The maximum absolute atomic E-state index is 11.7. The van der Waals surface area contributed by atoms with Crippen LogP contribution < -0.4 is 34.0 Å². The van der Waals surface area contributed by atoms with Gasteiger partial charge in [0, 0.05) is 11.1 Å². The molecule has 0 fully saturated rings. The highest BCUT2D eigenvalue weighted by molar-refractivity contribution is 6.07. The Morgan fingerprint density at radius 1 is 0.412 bits per heavy atom. The van der Waals surface area contributed by atoms with Gasteiger partial charge >= 0.3 is 0 Å². The molecule has 0 heterocycles. The third-order valence-corrected chi connectivity index (χ3v) is 4.57. The maximum atomic E-state index is 11.7. The summed E-state index contributed by atoms with van der Waals surface area (Å²) in [7, 11) is 0. The Labute approximate surface area is 222 Å². The van der Waals surface area contributed by atoms with E-state index < -0.39 is 0 Å². The van der Waals surface area contributed by atoms with Crippen molar-refractivity contribution in [3.8, 4) is 0 Å². The molecule has 0 amide bonds. The molecule has 0 aliphatic rings. The van der Waals surface area contributed by atoms with E-state index >= 15 is 0 Å². The number of carbonyl (C=O) groups excluding carboxylic acids is 2. The van der Waals surface area contributed by atoms with Crippen molar-refractivity contribution in [2.24, 2.45) is 0 Å². The van der Waals surface area contributed by atoms with E-state index in [0.717, 1.165) is 22.3 Å². The molecule has 0 aliphatic carbocycles. The van der Waals surface area contributed by atoms with Crippen molar-refractivity contribution in [3.05, 3.63) is 156 Å². The van der Waals surface area contributed by atoms with Crippen LogP contribution in [0.4, 0.5) is 0 Å². The highest BCUT2D eigenvalue weighted by Gasteiger charge is 1.99. The van der Waals surface area contributed by atoms with Gasteiger partial charge in [-0.25, -0.2) is 0 Å². The van der Waals surface area contributed by atoms with Gasteiger partial charge in [-0.15, -0.1) is 0 Å². The Balaban J connectivity index is 0.000000321. The van der Waals surface area contributed by atoms with Crippen LogP contribution in [0.3, 0.4) is 0 Å². The summed E-state index contributed by atoms with van der Waals surface area (Å²) < 4.78 is 0. The molecule has 0 aliphatic heterocycles. The summed E-state index contributed by atoms with van der Waals surface area (Å²) in [5, 5.41) is 0. The summed E-state index contributed by atoms with van der Waals surface area (Å²) >= 11 is 0. The van der Waals surface area contributed by atoms with E-state index in [1.165, 1.54) is 0 Å². The zero-order valence-electron chi connectivity index (χ0n) is 18.4. The molecule has 34 heavy (non-hydrogen) atoms. The van der Waals surface area contributed by atoms with Crippen LogP contribution in [0.25, 0.3) is 12.2 Å². The average molecular weight is 576 g/mol. The molecule has 0 N–H and O–H groups in total. The predicted octanol–water partition coefficient (Wildman–Crippen LogP) is 1.17. The molecule has 0 spiro atoms. The molecule has 4 aromatic rings. The normalized spacial score (nSPS) is 9.88. The highest BCUT2D eigenvalue weighted by atomic mass is 79.9. The van der Waals surface area contributed by atoms with Gasteiger partial charge in [0.1, 0.15) is 0 Å². The second kappa shape index (κ2) is 16.3. The van der Waals surface area contributed by atoms with E-state index in [-0.39, 0.29) is 45.5 Å². The standard InChI is InChI=1S/2C15H12O.2BrH/c2*16-15(14-9-5-2-6-10-14)12-11-13-7-3-1-4-8-13;;/h2*1-12H;2*1H/p-2/b2*12-11-;;. The third-order valence-electron chi connectivity index (χ3n) is 4.57. The summed E-state index contributed by atoms with van der Waals surface area (Å²) in [6, 6.07) is 38.1. The second-order valence-electron chi connectivity index (χ2n) is 6.95. The molecule has 0 saturated heterocycles. The molecular formula is C30H24Br2O2-2. The van der Waals surface area contributed by atoms with E-state index in [9.17, 15) is 9.59 Å². The van der Waals surface area contributed by atoms with E-state index in [0.29, 0.717) is 0 Å². The third kappa shape index (κ3) is 10.1. The molecule has 4 aromatic carbocycles. The Hall–Kier alpha value is -3.34. The Morgan fingerprint density at radius 2 is 0.676 bits per heavy atom. The van der Waals surface area contributed by atoms with Crippen molar-refractivity contribution in [1.29, 1.82) is 0 Å². The largest absolute Gasteiger partial charge is 1.00 e. The van der Waals surface area contributed by atoms with Crippen LogP contribution in [0.1, 0.15) is 31.8 Å². The zero-order valence-corrected chi connectivity index (χ0v) is 21.6. The fraction of sp³-hybridized carbons (Fsp3) is 0. The molecule has 0 bridgehead atoms. The summed E-state index contributed by atoms with van der Waals surface area (Å²) in [6.07, 6.45) is 6.86. The lowest BCUT2D eigenvalue weighted by Crippen LogP contribution is -3.00. The fourth-order valence-electron chi connectivity index (χ4n) is 2.87. The molecule has 0 radical (unpaired) electrons. The summed E-state index contributed by atoms with van der Waals surface area (Å²) in [5.41, 5.74) is 3.50. The monoisotopic (exact) mass is 574 g/mol. The van der Waals surface area contributed by atoms with Crippen LogP contribution >= 0.6 is 0 Å². The van der Waals surface area contributed by atoms with Crippen LogP contribution in [0.2, 0.25) is 0 Å². The maximum Gasteiger partial charge on any atom is 0.185 e. The smallest absolute Gasteiger partial charge is 0.185 e. The quantitative estimate of drug-likeness (QED) is 0.256. The first kappa shape index (κ1) is 28.7. The van der Waals surface area contributed by atoms with Gasteiger partial charge in [0.25, 0.3) is 0 Å². The minimum Gasteiger partial charge on any atom is -1.00 e. The SMILES string of the molecule is O=C(/C=C\c1ccccc1)c1ccccc1.O=C(/C=C\c1ccccc1)c1ccccc1.[Br-].[Br-]. The highest BCUT2D eigenvalue weighted by Crippen LogP contribution is 2.06. The fourth-order valence-corrected chi connectivity index (χ4v) is 2.87. The van der Waals surface area contributed by atoms with E-state index in [1.54, 1.807) is 12.2 Å². The van der Waals surface area contributed by atoms with Crippen LogP contribution in [0, 0.1) is 0 Å². The second-order valence-corrected chi connectivity index (χ2v) is 6.95. The van der Waals surface area contributed by atoms with Gasteiger partial charge < -0.3 is 34.0 Å². The number of hydrogen-bond donors (Lipinski definition) is 0. The number of carbonyl (C=O) groups is 2. The molecule has 0 aromatic heterocycles. The number of halogens is 2. The molecule has 0 atom stereocenters. The number of rotatable bonds is 6. The first-order valence-electron chi connectivity index (χ1n) is 10.4. The van der Waals surface area contributed by atoms with E-state index in [1.807, 2.05) is 133 Å². The molecule has 4 rings (SSSR count). The van der Waals surface area contributed by atoms with Gasteiger partial charge in [-0.3, -0.25) is 9.59 Å². The Kier molecular flexibility index (Phi) is 13.8. The van der Waals surface area contributed by atoms with Crippen molar-refractivity contribution in [1.82, 2.24) is 0 Å². The van der Waals surface area contributed by atoms with Crippen molar-refractivity contribution >= 4 is 23.7 Å². The molecule has 0 unspecified atom stereocenters. The first-order chi connectivity index (χ1) is 15.7. The van der Waals surface area contributed by atoms with Crippen molar-refractivity contribution in [2.45, 2.75) is 0 Å². The van der Waals surface area contributed by atoms with Gasteiger partial charge in [0.05, 0.1) is 0 Å². The summed E-state index contributed by atoms with van der Waals surface area (Å²) in [6.45, 7) is 0. The van der Waals surface area contributed by atoms with Gasteiger partial charge in [-0.1, -0.05) is 133 Å². The van der Waals surface area contributed by atoms with Crippen molar-refractivity contribution in [2.75, 3.05) is 0 Å². The molecule has 172 valence electrons. The molecule has 2 nitrogen and oxygen atoms in total. The lowest BCUT2D eigenvalue weighted by atomic mass is 10.1. The van der Waals surface area contributed by atoms with Gasteiger partial charge in [0.15, 0.2) is 11.6 Å². The molecule has 4 heteroatoms. The minimum atomic E-state index is 0. The van der Waals surface area contributed by atoms with Gasteiger partial charge in [-0.2, -0.15) is 0 Å². The number of allylic oxidation sites excluding steroid dienone is 2. The van der Waals surface area contributed by atoms with Crippen molar-refractivity contribution in [3.63, 3.8) is 0 Å². The van der Waals surface area contributed by atoms with E-state index in [4.69, 9.17) is 0 Å². The number of ketones is 2. The minimum absolute atomic E-state index is 0. The van der Waals surface area contributed by atoms with E-state index in [2.05, 4.69) is 0 Å².